The maximum atomic E-state index is 4.29. The number of rotatable bonds is 5. The second kappa shape index (κ2) is 6.89. The normalized spacial score (nSPS) is 10.8. The summed E-state index contributed by atoms with van der Waals surface area (Å²) in [6, 6.07) is 10.9. The Balaban J connectivity index is 1.95. The molecule has 20 heavy (non-hydrogen) atoms. The van der Waals surface area contributed by atoms with Gasteiger partial charge in [0.25, 0.3) is 0 Å². The first-order valence-electron chi connectivity index (χ1n) is 6.98. The number of aryl methyl sites for hydroxylation is 1. The highest BCUT2D eigenvalue weighted by Crippen LogP contribution is 2.17. The second-order valence-electron chi connectivity index (χ2n) is 5.60. The molecule has 2 rings (SSSR count). The monoisotopic (exact) mass is 332 g/mol. The number of nitrogens with one attached hydrogen (secondary N) is 1. The predicted molar refractivity (Wildman–Crippen MR) is 89.0 cm³/mol. The Morgan fingerprint density at radius 3 is 2.40 bits per heavy atom. The molecule has 2 nitrogen and oxygen atoms in total. The van der Waals surface area contributed by atoms with Crippen molar-refractivity contribution in [2.75, 3.05) is 5.32 Å². The standard InChI is InChI=1S/C17H21BrN2/c1-12(2)8-14-4-6-15(7-5-14)10-19-16-9-13(3)17(18)20-11-16/h4-7,9,11-12,19H,8,10H2,1-3H3. The fraction of sp³-hybridized carbons (Fsp3) is 0.353. The lowest BCUT2D eigenvalue weighted by atomic mass is 10.0. The van der Waals surface area contributed by atoms with Crippen molar-refractivity contribution in [3.05, 3.63) is 57.8 Å². The molecule has 0 atom stereocenters. The molecule has 0 radical (unpaired) electrons. The second-order valence-corrected chi connectivity index (χ2v) is 6.35. The Hall–Kier alpha value is -1.35. The number of aromatic nitrogens is 1. The number of benzene rings is 1. The number of nitrogens with zero attached hydrogens (tertiary/aromatic N) is 1. The molecule has 1 aromatic carbocycles. The van der Waals surface area contributed by atoms with Crippen LogP contribution in [0.5, 0.6) is 0 Å². The van der Waals surface area contributed by atoms with Gasteiger partial charge in [0.1, 0.15) is 4.60 Å². The van der Waals surface area contributed by atoms with Crippen molar-refractivity contribution < 1.29 is 0 Å². The molecule has 0 amide bonds. The van der Waals surface area contributed by atoms with Crippen molar-refractivity contribution in [1.29, 1.82) is 0 Å². The van der Waals surface area contributed by atoms with Crippen LogP contribution in [0.3, 0.4) is 0 Å². The minimum Gasteiger partial charge on any atom is -0.380 e. The summed E-state index contributed by atoms with van der Waals surface area (Å²) in [5, 5.41) is 3.41. The molecule has 1 N–H and O–H groups in total. The molecule has 106 valence electrons. The molecule has 0 aliphatic rings. The van der Waals surface area contributed by atoms with Crippen molar-refractivity contribution in [3.8, 4) is 0 Å². The van der Waals surface area contributed by atoms with Crippen LogP contribution in [-0.2, 0) is 13.0 Å². The van der Waals surface area contributed by atoms with Crippen LogP contribution in [0, 0.1) is 12.8 Å². The largest absolute Gasteiger partial charge is 0.380 e. The smallest absolute Gasteiger partial charge is 0.109 e. The van der Waals surface area contributed by atoms with E-state index < -0.39 is 0 Å². The molecule has 2 aromatic rings. The molecule has 0 unspecified atom stereocenters. The summed E-state index contributed by atoms with van der Waals surface area (Å²) < 4.78 is 0.904. The molecule has 0 aliphatic carbocycles. The minimum absolute atomic E-state index is 0.704. The summed E-state index contributed by atoms with van der Waals surface area (Å²) in [4.78, 5) is 4.29. The molecule has 0 spiro atoms. The molecule has 0 aliphatic heterocycles. The third-order valence-corrected chi connectivity index (χ3v) is 4.01. The molecule has 3 heteroatoms. The van der Waals surface area contributed by atoms with Gasteiger partial charge >= 0.3 is 0 Å². The van der Waals surface area contributed by atoms with E-state index in [1.54, 1.807) is 0 Å². The lowest BCUT2D eigenvalue weighted by Crippen LogP contribution is -2.01. The van der Waals surface area contributed by atoms with E-state index in [2.05, 4.69) is 70.4 Å². The first kappa shape index (κ1) is 15.0. The molecule has 0 bridgehead atoms. The van der Waals surface area contributed by atoms with Gasteiger partial charge in [0.05, 0.1) is 11.9 Å². The van der Waals surface area contributed by atoms with Crippen molar-refractivity contribution in [2.24, 2.45) is 5.92 Å². The van der Waals surface area contributed by atoms with Gasteiger partial charge in [-0.3, -0.25) is 0 Å². The van der Waals surface area contributed by atoms with Gasteiger partial charge in [-0.05, 0) is 57.9 Å². The van der Waals surface area contributed by atoms with E-state index >= 15 is 0 Å². The van der Waals surface area contributed by atoms with Crippen molar-refractivity contribution in [1.82, 2.24) is 4.98 Å². The van der Waals surface area contributed by atoms with Crippen LogP contribution in [0.2, 0.25) is 0 Å². The van der Waals surface area contributed by atoms with Gasteiger partial charge in [-0.15, -0.1) is 0 Å². The van der Waals surface area contributed by atoms with Gasteiger partial charge in [-0.25, -0.2) is 4.98 Å². The Bertz CT molecular complexity index is 562. The fourth-order valence-electron chi connectivity index (χ4n) is 2.12. The zero-order valence-corrected chi connectivity index (χ0v) is 13.9. The van der Waals surface area contributed by atoms with Crippen LogP contribution >= 0.6 is 15.9 Å². The van der Waals surface area contributed by atoms with Gasteiger partial charge in [-0.2, -0.15) is 0 Å². The average molecular weight is 333 g/mol. The lowest BCUT2D eigenvalue weighted by molar-refractivity contribution is 0.647. The van der Waals surface area contributed by atoms with Crippen LogP contribution < -0.4 is 5.32 Å². The first-order chi connectivity index (χ1) is 9.54. The maximum Gasteiger partial charge on any atom is 0.109 e. The van der Waals surface area contributed by atoms with Gasteiger partial charge in [-0.1, -0.05) is 38.1 Å². The van der Waals surface area contributed by atoms with E-state index in [1.165, 1.54) is 11.1 Å². The summed E-state index contributed by atoms with van der Waals surface area (Å²) in [6.45, 7) is 7.37. The lowest BCUT2D eigenvalue weighted by Gasteiger charge is -2.09. The van der Waals surface area contributed by atoms with E-state index in [0.717, 1.165) is 28.8 Å². The number of pyridine rings is 1. The van der Waals surface area contributed by atoms with Crippen LogP contribution in [0.4, 0.5) is 5.69 Å². The minimum atomic E-state index is 0.704. The summed E-state index contributed by atoms with van der Waals surface area (Å²) in [6.07, 6.45) is 2.99. The van der Waals surface area contributed by atoms with Crippen molar-refractivity contribution in [2.45, 2.75) is 33.7 Å². The summed E-state index contributed by atoms with van der Waals surface area (Å²) in [5.74, 6) is 0.704. The van der Waals surface area contributed by atoms with Crippen LogP contribution in [0.15, 0.2) is 41.1 Å². The fourth-order valence-corrected chi connectivity index (χ4v) is 2.34. The molecular formula is C17H21BrN2. The highest BCUT2D eigenvalue weighted by Gasteiger charge is 2.00. The molecule has 1 aromatic heterocycles. The molecular weight excluding hydrogens is 312 g/mol. The SMILES string of the molecule is Cc1cc(NCc2ccc(CC(C)C)cc2)cnc1Br. The predicted octanol–water partition coefficient (Wildman–Crippen LogP) is 4.96. The van der Waals surface area contributed by atoms with Gasteiger partial charge in [0, 0.05) is 6.54 Å². The quantitative estimate of drug-likeness (QED) is 0.782. The van der Waals surface area contributed by atoms with Gasteiger partial charge in [0.15, 0.2) is 0 Å². The summed E-state index contributed by atoms with van der Waals surface area (Å²) in [5.41, 5.74) is 4.89. The highest BCUT2D eigenvalue weighted by molar-refractivity contribution is 9.10. The number of anilines is 1. The van der Waals surface area contributed by atoms with Gasteiger partial charge in [0.2, 0.25) is 0 Å². The third-order valence-electron chi connectivity index (χ3n) is 3.18. The zero-order valence-electron chi connectivity index (χ0n) is 12.3. The third kappa shape index (κ3) is 4.34. The van der Waals surface area contributed by atoms with E-state index in [1.807, 2.05) is 13.1 Å². The van der Waals surface area contributed by atoms with Crippen molar-refractivity contribution in [3.63, 3.8) is 0 Å². The number of hydrogen-bond acceptors (Lipinski definition) is 2. The molecule has 0 saturated heterocycles. The zero-order chi connectivity index (χ0) is 14.5. The molecule has 1 heterocycles. The van der Waals surface area contributed by atoms with E-state index in [9.17, 15) is 0 Å². The Kier molecular flexibility index (Phi) is 5.18. The number of halogens is 1. The number of hydrogen-bond donors (Lipinski definition) is 1. The summed E-state index contributed by atoms with van der Waals surface area (Å²) >= 11 is 3.41. The summed E-state index contributed by atoms with van der Waals surface area (Å²) in [7, 11) is 0. The maximum absolute atomic E-state index is 4.29. The van der Waals surface area contributed by atoms with Crippen molar-refractivity contribution >= 4 is 21.6 Å². The van der Waals surface area contributed by atoms with Crippen LogP contribution in [0.1, 0.15) is 30.5 Å². The van der Waals surface area contributed by atoms with E-state index in [-0.39, 0.29) is 0 Å². The van der Waals surface area contributed by atoms with Crippen LogP contribution in [-0.4, -0.2) is 4.98 Å². The van der Waals surface area contributed by atoms with Gasteiger partial charge < -0.3 is 5.32 Å². The molecule has 0 fully saturated rings. The molecule has 0 saturated carbocycles. The Labute approximate surface area is 129 Å². The van der Waals surface area contributed by atoms with E-state index in [0.29, 0.717) is 5.92 Å². The van der Waals surface area contributed by atoms with E-state index in [4.69, 9.17) is 0 Å². The average Bonchev–Trinajstić information content (AvgIpc) is 2.41. The highest BCUT2D eigenvalue weighted by atomic mass is 79.9. The Morgan fingerprint density at radius 2 is 1.80 bits per heavy atom. The Morgan fingerprint density at radius 1 is 1.15 bits per heavy atom. The van der Waals surface area contributed by atoms with Crippen LogP contribution in [0.25, 0.3) is 0 Å². The topological polar surface area (TPSA) is 24.9 Å². The first-order valence-corrected chi connectivity index (χ1v) is 7.77.